The monoisotopic (exact) mass is 283 g/mol. The van der Waals surface area contributed by atoms with E-state index >= 15 is 0 Å². The molecule has 0 saturated heterocycles. The second-order valence-corrected chi connectivity index (χ2v) is 4.55. The summed E-state index contributed by atoms with van der Waals surface area (Å²) in [6.07, 6.45) is 0.844. The number of rotatable bonds is 10. The molecule has 0 radical (unpaired) electrons. The lowest BCUT2D eigenvalue weighted by Crippen LogP contribution is -2.34. The Morgan fingerprint density at radius 2 is 1.95 bits per heavy atom. The number of ether oxygens (including phenoxy) is 2. The Morgan fingerprint density at radius 1 is 1.20 bits per heavy atom. The van der Waals surface area contributed by atoms with Crippen LogP contribution < -0.4 is 0 Å². The van der Waals surface area contributed by atoms with Crippen LogP contribution in [0.2, 0.25) is 0 Å². The van der Waals surface area contributed by atoms with Gasteiger partial charge in [-0.1, -0.05) is 12.1 Å². The Hall–Kier alpha value is -1.30. The third-order valence-corrected chi connectivity index (χ3v) is 2.95. The van der Waals surface area contributed by atoms with Crippen molar-refractivity contribution in [3.8, 4) is 0 Å². The SMILES string of the molecule is COCCCN(CCOC)CC(=O)c1cccc(F)c1. The standard InChI is InChI=1S/C15H22FNO3/c1-19-9-4-7-17(8-10-20-2)12-15(18)13-5-3-6-14(16)11-13/h3,5-6,11H,4,7-10,12H2,1-2H3. The average molecular weight is 283 g/mol. The van der Waals surface area contributed by atoms with E-state index in [4.69, 9.17) is 9.47 Å². The Balaban J connectivity index is 2.55. The zero-order chi connectivity index (χ0) is 14.8. The highest BCUT2D eigenvalue weighted by Crippen LogP contribution is 2.06. The lowest BCUT2D eigenvalue weighted by molar-refractivity contribution is 0.0877. The Labute approximate surface area is 119 Å². The lowest BCUT2D eigenvalue weighted by atomic mass is 10.1. The third kappa shape index (κ3) is 6.23. The maximum atomic E-state index is 13.1. The second kappa shape index (κ2) is 9.58. The van der Waals surface area contributed by atoms with E-state index in [2.05, 4.69) is 0 Å². The molecule has 0 heterocycles. The second-order valence-electron chi connectivity index (χ2n) is 4.55. The van der Waals surface area contributed by atoms with Crippen LogP contribution in [-0.4, -0.2) is 57.8 Å². The number of carbonyl (C=O) groups is 1. The molecule has 0 bridgehead atoms. The molecule has 0 spiro atoms. The van der Waals surface area contributed by atoms with E-state index in [0.717, 1.165) is 13.0 Å². The Bertz CT molecular complexity index is 412. The molecule has 0 N–H and O–H groups in total. The van der Waals surface area contributed by atoms with E-state index in [0.29, 0.717) is 25.3 Å². The summed E-state index contributed by atoms with van der Waals surface area (Å²) in [5.41, 5.74) is 0.402. The molecule has 5 heteroatoms. The van der Waals surface area contributed by atoms with Crippen LogP contribution >= 0.6 is 0 Å². The van der Waals surface area contributed by atoms with Gasteiger partial charge in [-0.2, -0.15) is 0 Å². The van der Waals surface area contributed by atoms with E-state index < -0.39 is 5.82 Å². The van der Waals surface area contributed by atoms with E-state index in [-0.39, 0.29) is 12.3 Å². The minimum atomic E-state index is -0.390. The number of hydrogen-bond acceptors (Lipinski definition) is 4. The van der Waals surface area contributed by atoms with Gasteiger partial charge in [0.1, 0.15) is 5.82 Å². The first-order valence-electron chi connectivity index (χ1n) is 6.66. The van der Waals surface area contributed by atoms with Gasteiger partial charge in [0.25, 0.3) is 0 Å². The minimum absolute atomic E-state index is 0.0852. The molecule has 1 rings (SSSR count). The van der Waals surface area contributed by atoms with E-state index in [1.54, 1.807) is 26.4 Å². The first kappa shape index (κ1) is 16.8. The molecule has 4 nitrogen and oxygen atoms in total. The predicted molar refractivity (Wildman–Crippen MR) is 75.5 cm³/mol. The van der Waals surface area contributed by atoms with Gasteiger partial charge in [0.15, 0.2) is 5.78 Å². The lowest BCUT2D eigenvalue weighted by Gasteiger charge is -2.21. The van der Waals surface area contributed by atoms with Crippen LogP contribution in [0, 0.1) is 5.82 Å². The molecule has 20 heavy (non-hydrogen) atoms. The van der Waals surface area contributed by atoms with E-state index in [1.807, 2.05) is 4.90 Å². The van der Waals surface area contributed by atoms with Crippen LogP contribution in [0.5, 0.6) is 0 Å². The number of Topliss-reactive ketones (excluding diaryl/α,β-unsaturated/α-hetero) is 1. The number of benzene rings is 1. The number of carbonyl (C=O) groups excluding carboxylic acids is 1. The van der Waals surface area contributed by atoms with Crippen LogP contribution in [0.15, 0.2) is 24.3 Å². The highest BCUT2D eigenvalue weighted by Gasteiger charge is 2.12. The van der Waals surface area contributed by atoms with Gasteiger partial charge in [0.05, 0.1) is 13.2 Å². The maximum absolute atomic E-state index is 13.1. The molecule has 0 aromatic heterocycles. The van der Waals surface area contributed by atoms with Crippen molar-refractivity contribution in [1.82, 2.24) is 4.90 Å². The molecule has 1 aromatic carbocycles. The molecule has 0 unspecified atom stereocenters. The average Bonchev–Trinajstić information content (AvgIpc) is 2.44. The number of nitrogens with zero attached hydrogens (tertiary/aromatic N) is 1. The zero-order valence-corrected chi connectivity index (χ0v) is 12.1. The molecule has 0 aliphatic heterocycles. The van der Waals surface area contributed by atoms with Gasteiger partial charge in [0.2, 0.25) is 0 Å². The summed E-state index contributed by atoms with van der Waals surface area (Å²) in [5, 5.41) is 0. The van der Waals surface area contributed by atoms with Crippen molar-refractivity contribution in [1.29, 1.82) is 0 Å². The summed E-state index contributed by atoms with van der Waals surface area (Å²) in [7, 11) is 3.28. The van der Waals surface area contributed by atoms with Crippen molar-refractivity contribution >= 4 is 5.78 Å². The van der Waals surface area contributed by atoms with Gasteiger partial charge >= 0.3 is 0 Å². The molecule has 112 valence electrons. The summed E-state index contributed by atoms with van der Waals surface area (Å²) >= 11 is 0. The molecular formula is C15H22FNO3. The topological polar surface area (TPSA) is 38.8 Å². The normalized spacial score (nSPS) is 11.0. The number of methoxy groups -OCH3 is 2. The van der Waals surface area contributed by atoms with Crippen LogP contribution in [0.1, 0.15) is 16.8 Å². The molecule has 1 aromatic rings. The fraction of sp³-hybridized carbons (Fsp3) is 0.533. The highest BCUT2D eigenvalue weighted by molar-refractivity contribution is 5.97. The van der Waals surface area contributed by atoms with Crippen molar-refractivity contribution in [3.63, 3.8) is 0 Å². The molecular weight excluding hydrogens is 261 g/mol. The minimum Gasteiger partial charge on any atom is -0.385 e. The van der Waals surface area contributed by atoms with Crippen molar-refractivity contribution in [2.24, 2.45) is 0 Å². The summed E-state index contributed by atoms with van der Waals surface area (Å²) in [5.74, 6) is -0.475. The molecule has 0 aliphatic rings. The zero-order valence-electron chi connectivity index (χ0n) is 12.1. The summed E-state index contributed by atoms with van der Waals surface area (Å²) in [6.45, 7) is 2.89. The maximum Gasteiger partial charge on any atom is 0.176 e. The summed E-state index contributed by atoms with van der Waals surface area (Å²) in [4.78, 5) is 14.1. The third-order valence-electron chi connectivity index (χ3n) is 2.95. The summed E-state index contributed by atoms with van der Waals surface area (Å²) in [6, 6.07) is 5.78. The number of hydrogen-bond donors (Lipinski definition) is 0. The Morgan fingerprint density at radius 3 is 2.60 bits per heavy atom. The van der Waals surface area contributed by atoms with Gasteiger partial charge in [-0.15, -0.1) is 0 Å². The van der Waals surface area contributed by atoms with Gasteiger partial charge in [-0.25, -0.2) is 4.39 Å². The fourth-order valence-corrected chi connectivity index (χ4v) is 1.88. The van der Waals surface area contributed by atoms with E-state index in [9.17, 15) is 9.18 Å². The van der Waals surface area contributed by atoms with Gasteiger partial charge in [0, 0.05) is 39.5 Å². The highest BCUT2D eigenvalue weighted by atomic mass is 19.1. The van der Waals surface area contributed by atoms with Crippen LogP contribution in [0.4, 0.5) is 4.39 Å². The van der Waals surface area contributed by atoms with Crippen LogP contribution in [0.25, 0.3) is 0 Å². The smallest absolute Gasteiger partial charge is 0.176 e. The van der Waals surface area contributed by atoms with Crippen molar-refractivity contribution < 1.29 is 18.7 Å². The first-order valence-corrected chi connectivity index (χ1v) is 6.66. The first-order chi connectivity index (χ1) is 9.67. The molecule has 0 aliphatic carbocycles. The molecule has 0 saturated carbocycles. The summed E-state index contributed by atoms with van der Waals surface area (Å²) < 4.78 is 23.2. The van der Waals surface area contributed by atoms with Crippen molar-refractivity contribution in [2.75, 3.05) is 47.1 Å². The van der Waals surface area contributed by atoms with Gasteiger partial charge in [-0.3, -0.25) is 9.69 Å². The van der Waals surface area contributed by atoms with Crippen LogP contribution in [0.3, 0.4) is 0 Å². The molecule has 0 fully saturated rings. The van der Waals surface area contributed by atoms with E-state index in [1.165, 1.54) is 12.1 Å². The molecule has 0 amide bonds. The fourth-order valence-electron chi connectivity index (χ4n) is 1.88. The van der Waals surface area contributed by atoms with Crippen molar-refractivity contribution in [2.45, 2.75) is 6.42 Å². The largest absolute Gasteiger partial charge is 0.385 e. The molecule has 0 atom stereocenters. The number of ketones is 1. The quantitative estimate of drug-likeness (QED) is 0.486. The Kier molecular flexibility index (Phi) is 8.02. The van der Waals surface area contributed by atoms with Gasteiger partial charge in [-0.05, 0) is 18.6 Å². The predicted octanol–water partition coefficient (Wildman–Crippen LogP) is 1.99. The number of halogens is 1. The van der Waals surface area contributed by atoms with Gasteiger partial charge < -0.3 is 9.47 Å². The van der Waals surface area contributed by atoms with Crippen molar-refractivity contribution in [3.05, 3.63) is 35.6 Å². The van der Waals surface area contributed by atoms with Crippen LogP contribution in [-0.2, 0) is 9.47 Å².